The lowest BCUT2D eigenvalue weighted by molar-refractivity contribution is 0.181. The zero-order chi connectivity index (χ0) is 14.5. The molecule has 0 saturated carbocycles. The lowest BCUT2D eigenvalue weighted by atomic mass is 10.3. The van der Waals surface area contributed by atoms with Gasteiger partial charge in [-0.2, -0.15) is 5.10 Å². The zero-order valence-electron chi connectivity index (χ0n) is 11.2. The van der Waals surface area contributed by atoms with Crippen molar-refractivity contribution in [1.82, 2.24) is 14.9 Å². The summed E-state index contributed by atoms with van der Waals surface area (Å²) in [7, 11) is 1.58. The van der Waals surface area contributed by atoms with Crippen LogP contribution in [0.25, 0.3) is 0 Å². The van der Waals surface area contributed by atoms with Crippen LogP contribution in [0.2, 0.25) is 0 Å². The van der Waals surface area contributed by atoms with E-state index in [2.05, 4.69) is 31.5 Å². The first-order chi connectivity index (χ1) is 9.61. The highest BCUT2D eigenvalue weighted by molar-refractivity contribution is 9.10. The first kappa shape index (κ1) is 14.7. The Morgan fingerprint density at radius 1 is 1.55 bits per heavy atom. The molecule has 108 valence electrons. The molecule has 7 nitrogen and oxygen atoms in total. The second-order valence-electron chi connectivity index (χ2n) is 4.18. The summed E-state index contributed by atoms with van der Waals surface area (Å²) in [6, 6.07) is 1.83. The molecular weight excluding hydrogens is 328 g/mol. The van der Waals surface area contributed by atoms with Crippen LogP contribution >= 0.6 is 15.9 Å². The molecule has 0 aliphatic heterocycles. The molecule has 0 aliphatic rings. The molecular formula is C12H15BrN4O3. The second-order valence-corrected chi connectivity index (χ2v) is 4.97. The fourth-order valence-electron chi connectivity index (χ4n) is 1.61. The van der Waals surface area contributed by atoms with Crippen LogP contribution < -0.4 is 10.9 Å². The molecule has 20 heavy (non-hydrogen) atoms. The van der Waals surface area contributed by atoms with Gasteiger partial charge in [-0.25, -0.2) is 4.68 Å². The van der Waals surface area contributed by atoms with Crippen LogP contribution in [-0.4, -0.2) is 28.7 Å². The van der Waals surface area contributed by atoms with E-state index in [1.54, 1.807) is 13.3 Å². The third-order valence-electron chi connectivity index (χ3n) is 2.62. The summed E-state index contributed by atoms with van der Waals surface area (Å²) in [6.07, 6.45) is 1.59. The smallest absolute Gasteiger partial charge is 0.283 e. The summed E-state index contributed by atoms with van der Waals surface area (Å²) in [5.74, 6) is 0.693. The summed E-state index contributed by atoms with van der Waals surface area (Å²) < 4.78 is 11.8. The van der Waals surface area contributed by atoms with Gasteiger partial charge in [-0.15, -0.1) is 0 Å². The molecule has 2 rings (SSSR count). The van der Waals surface area contributed by atoms with E-state index in [1.807, 2.05) is 13.0 Å². The van der Waals surface area contributed by atoms with Gasteiger partial charge in [-0.3, -0.25) is 4.79 Å². The summed E-state index contributed by atoms with van der Waals surface area (Å²) in [6.45, 7) is 3.13. The van der Waals surface area contributed by atoms with Crippen molar-refractivity contribution in [2.24, 2.45) is 0 Å². The molecule has 0 spiro atoms. The van der Waals surface area contributed by atoms with Crippen molar-refractivity contribution < 1.29 is 9.26 Å². The minimum absolute atomic E-state index is 0.208. The molecule has 0 radical (unpaired) electrons. The maximum atomic E-state index is 12.0. The molecule has 2 aromatic rings. The van der Waals surface area contributed by atoms with Crippen LogP contribution in [0.4, 0.5) is 5.69 Å². The van der Waals surface area contributed by atoms with Gasteiger partial charge in [0, 0.05) is 13.2 Å². The summed E-state index contributed by atoms with van der Waals surface area (Å²) in [5.41, 5.74) is 1.22. The zero-order valence-corrected chi connectivity index (χ0v) is 12.8. The molecule has 0 atom stereocenters. The summed E-state index contributed by atoms with van der Waals surface area (Å²) in [4.78, 5) is 12.0. The Morgan fingerprint density at radius 3 is 3.00 bits per heavy atom. The summed E-state index contributed by atoms with van der Waals surface area (Å²) >= 11 is 3.28. The molecule has 0 fully saturated rings. The van der Waals surface area contributed by atoms with E-state index in [0.717, 1.165) is 5.69 Å². The van der Waals surface area contributed by atoms with Crippen LogP contribution in [0, 0.1) is 6.92 Å². The van der Waals surface area contributed by atoms with Gasteiger partial charge >= 0.3 is 0 Å². The van der Waals surface area contributed by atoms with Crippen LogP contribution in [0.3, 0.4) is 0 Å². The Labute approximate surface area is 124 Å². The number of halogens is 1. The molecule has 2 aromatic heterocycles. The van der Waals surface area contributed by atoms with Gasteiger partial charge in [0.05, 0.1) is 37.3 Å². The van der Waals surface area contributed by atoms with E-state index >= 15 is 0 Å². The minimum Gasteiger partial charge on any atom is -0.383 e. The predicted octanol–water partition coefficient (Wildman–Crippen LogP) is 1.56. The van der Waals surface area contributed by atoms with Crippen LogP contribution in [-0.2, 0) is 17.8 Å². The van der Waals surface area contributed by atoms with Gasteiger partial charge < -0.3 is 14.6 Å². The first-order valence-electron chi connectivity index (χ1n) is 6.02. The number of rotatable bonds is 6. The monoisotopic (exact) mass is 342 g/mol. The van der Waals surface area contributed by atoms with E-state index in [0.29, 0.717) is 35.6 Å². The van der Waals surface area contributed by atoms with Crippen molar-refractivity contribution in [3.63, 3.8) is 0 Å². The fraction of sp³-hybridized carbons (Fsp3) is 0.417. The molecule has 0 bridgehead atoms. The Bertz CT molecular complexity index is 638. The number of aromatic nitrogens is 3. The molecule has 0 aromatic carbocycles. The van der Waals surface area contributed by atoms with E-state index in [4.69, 9.17) is 9.26 Å². The third-order valence-corrected chi connectivity index (χ3v) is 3.39. The maximum Gasteiger partial charge on any atom is 0.283 e. The maximum absolute atomic E-state index is 12.0. The number of hydrogen-bond donors (Lipinski definition) is 1. The average molecular weight is 343 g/mol. The number of nitrogens with zero attached hydrogens (tertiary/aromatic N) is 3. The van der Waals surface area contributed by atoms with Crippen LogP contribution in [0.1, 0.15) is 11.5 Å². The number of anilines is 1. The molecule has 1 N–H and O–H groups in total. The topological polar surface area (TPSA) is 82.2 Å². The number of ether oxygens (including phenoxy) is 1. The van der Waals surface area contributed by atoms with Gasteiger partial charge in [0.2, 0.25) is 0 Å². The fourth-order valence-corrected chi connectivity index (χ4v) is 2.05. The van der Waals surface area contributed by atoms with E-state index < -0.39 is 0 Å². The van der Waals surface area contributed by atoms with Crippen LogP contribution in [0.15, 0.2) is 26.1 Å². The van der Waals surface area contributed by atoms with Crippen molar-refractivity contribution >= 4 is 21.6 Å². The predicted molar refractivity (Wildman–Crippen MR) is 76.6 cm³/mol. The lowest BCUT2D eigenvalue weighted by Gasteiger charge is -2.09. The van der Waals surface area contributed by atoms with Crippen LogP contribution in [0.5, 0.6) is 0 Å². The number of hydrogen-bond acceptors (Lipinski definition) is 6. The number of aryl methyl sites for hydroxylation is 1. The highest BCUT2D eigenvalue weighted by atomic mass is 79.9. The molecule has 0 unspecified atom stereocenters. The van der Waals surface area contributed by atoms with Gasteiger partial charge in [-0.05, 0) is 22.9 Å². The average Bonchev–Trinajstić information content (AvgIpc) is 2.85. The van der Waals surface area contributed by atoms with Crippen molar-refractivity contribution in [1.29, 1.82) is 0 Å². The van der Waals surface area contributed by atoms with Crippen molar-refractivity contribution in [3.05, 3.63) is 38.5 Å². The standard InChI is InChI=1S/C12H15BrN4O3/c1-8-5-9(20-16-8)6-14-10-7-15-17(3-4-19-2)12(18)11(10)13/h5,7,14H,3-4,6H2,1-2H3. The molecule has 8 heteroatoms. The van der Waals surface area contributed by atoms with Crippen molar-refractivity contribution in [3.8, 4) is 0 Å². The summed E-state index contributed by atoms with van der Waals surface area (Å²) in [5, 5.41) is 11.0. The highest BCUT2D eigenvalue weighted by Crippen LogP contribution is 2.17. The normalized spacial score (nSPS) is 10.8. The number of methoxy groups -OCH3 is 1. The Balaban J connectivity index is 2.09. The highest BCUT2D eigenvalue weighted by Gasteiger charge is 2.09. The lowest BCUT2D eigenvalue weighted by Crippen LogP contribution is -2.26. The molecule has 0 saturated heterocycles. The number of nitrogens with one attached hydrogen (secondary N) is 1. The quantitative estimate of drug-likeness (QED) is 0.857. The van der Waals surface area contributed by atoms with Crippen molar-refractivity contribution in [2.75, 3.05) is 19.0 Å². The van der Waals surface area contributed by atoms with E-state index in [-0.39, 0.29) is 5.56 Å². The molecule has 0 aliphatic carbocycles. The Kier molecular flexibility index (Phi) is 4.91. The van der Waals surface area contributed by atoms with Gasteiger partial charge in [0.1, 0.15) is 4.47 Å². The largest absolute Gasteiger partial charge is 0.383 e. The SMILES string of the molecule is COCCn1ncc(NCc2cc(C)no2)c(Br)c1=O. The van der Waals surface area contributed by atoms with Gasteiger partial charge in [-0.1, -0.05) is 5.16 Å². The van der Waals surface area contributed by atoms with E-state index in [1.165, 1.54) is 4.68 Å². The first-order valence-corrected chi connectivity index (χ1v) is 6.81. The molecule has 0 amide bonds. The minimum atomic E-state index is -0.208. The molecule has 2 heterocycles. The van der Waals surface area contributed by atoms with Gasteiger partial charge in [0.15, 0.2) is 5.76 Å². The second kappa shape index (κ2) is 6.67. The third kappa shape index (κ3) is 3.45. The van der Waals surface area contributed by atoms with Gasteiger partial charge in [0.25, 0.3) is 5.56 Å². The van der Waals surface area contributed by atoms with Crippen molar-refractivity contribution in [2.45, 2.75) is 20.0 Å². The van der Waals surface area contributed by atoms with E-state index in [9.17, 15) is 4.79 Å². The Morgan fingerprint density at radius 2 is 2.35 bits per heavy atom. The Hall–Kier alpha value is -1.67.